The van der Waals surface area contributed by atoms with Crippen LogP contribution in [0.4, 0.5) is 11.4 Å². The minimum Gasteiger partial charge on any atom is -0.497 e. The van der Waals surface area contributed by atoms with E-state index >= 15 is 0 Å². The Hall–Kier alpha value is -4.19. The predicted octanol–water partition coefficient (Wildman–Crippen LogP) is 3.00. The Bertz CT molecular complexity index is 1020. The average Bonchev–Trinajstić information content (AvgIpc) is 2.71. The molecule has 2 rings (SSSR count). The largest absolute Gasteiger partial charge is 0.497 e. The number of nitriles is 1. The molecule has 0 unspecified atom stereocenters. The van der Waals surface area contributed by atoms with Crippen molar-refractivity contribution in [2.75, 3.05) is 19.0 Å². The van der Waals surface area contributed by atoms with E-state index in [2.05, 4.69) is 5.32 Å². The summed E-state index contributed by atoms with van der Waals surface area (Å²) in [5, 5.41) is 22.5. The number of hydrogen-bond donors (Lipinski definition) is 1. The van der Waals surface area contributed by atoms with Gasteiger partial charge in [-0.3, -0.25) is 14.9 Å². The summed E-state index contributed by atoms with van der Waals surface area (Å²) in [4.78, 5) is 34.4. The van der Waals surface area contributed by atoms with Crippen LogP contribution in [0.2, 0.25) is 0 Å². The molecule has 0 aromatic heterocycles. The van der Waals surface area contributed by atoms with Crippen molar-refractivity contribution < 1.29 is 24.0 Å². The molecule has 9 nitrogen and oxygen atoms in total. The fourth-order valence-corrected chi connectivity index (χ4v) is 2.29. The molecule has 0 saturated carbocycles. The molecule has 0 spiro atoms. The summed E-state index contributed by atoms with van der Waals surface area (Å²) in [6.45, 7) is 1.01. The molecule has 9 heteroatoms. The zero-order valence-electron chi connectivity index (χ0n) is 15.7. The quantitative estimate of drug-likeness (QED) is 0.251. The fraction of sp³-hybridized carbons (Fsp3) is 0.150. The number of hydrogen-bond acceptors (Lipinski definition) is 7. The molecule has 0 aliphatic rings. The van der Waals surface area contributed by atoms with E-state index in [0.29, 0.717) is 16.9 Å². The Balaban J connectivity index is 2.02. The summed E-state index contributed by atoms with van der Waals surface area (Å²) < 4.78 is 9.94. The third-order valence-electron chi connectivity index (χ3n) is 3.79. The summed E-state index contributed by atoms with van der Waals surface area (Å²) in [5.74, 6) is -1.11. The summed E-state index contributed by atoms with van der Waals surface area (Å²) in [6, 6.07) is 12.4. The molecular weight excluding hydrogens is 378 g/mol. The number of aryl methyl sites for hydroxylation is 1. The second-order valence-electron chi connectivity index (χ2n) is 5.83. The number of anilines is 1. The Morgan fingerprint density at radius 2 is 2.03 bits per heavy atom. The van der Waals surface area contributed by atoms with Crippen molar-refractivity contribution in [2.24, 2.45) is 0 Å². The molecule has 2 aromatic rings. The van der Waals surface area contributed by atoms with Crippen molar-refractivity contribution in [1.82, 2.24) is 0 Å². The Kier molecular flexibility index (Phi) is 7.03. The van der Waals surface area contributed by atoms with E-state index in [9.17, 15) is 25.0 Å². The number of nitro groups is 1. The van der Waals surface area contributed by atoms with Crippen LogP contribution in [0.15, 0.2) is 48.0 Å². The van der Waals surface area contributed by atoms with Gasteiger partial charge in [-0.2, -0.15) is 5.26 Å². The first-order valence-corrected chi connectivity index (χ1v) is 8.32. The lowest BCUT2D eigenvalue weighted by atomic mass is 10.1. The van der Waals surface area contributed by atoms with Gasteiger partial charge in [-0.25, -0.2) is 4.79 Å². The number of esters is 1. The molecule has 2 aromatic carbocycles. The number of carbonyl (C=O) groups excluding carboxylic acids is 2. The first kappa shape index (κ1) is 21.1. The first-order valence-electron chi connectivity index (χ1n) is 8.32. The van der Waals surface area contributed by atoms with E-state index in [1.807, 2.05) is 0 Å². The minimum atomic E-state index is -0.971. The van der Waals surface area contributed by atoms with Crippen LogP contribution in [-0.2, 0) is 14.3 Å². The van der Waals surface area contributed by atoms with Crippen LogP contribution in [0.5, 0.6) is 5.75 Å². The van der Waals surface area contributed by atoms with Gasteiger partial charge >= 0.3 is 5.97 Å². The van der Waals surface area contributed by atoms with E-state index in [4.69, 9.17) is 9.47 Å². The van der Waals surface area contributed by atoms with Crippen molar-refractivity contribution in [3.63, 3.8) is 0 Å². The van der Waals surface area contributed by atoms with E-state index < -0.39 is 23.4 Å². The van der Waals surface area contributed by atoms with Gasteiger partial charge in [0.05, 0.1) is 17.7 Å². The molecule has 0 bridgehead atoms. The summed E-state index contributed by atoms with van der Waals surface area (Å²) >= 11 is 0. The zero-order chi connectivity index (χ0) is 21.4. The fourth-order valence-electron chi connectivity index (χ4n) is 2.29. The molecule has 0 radical (unpaired) electrons. The van der Waals surface area contributed by atoms with Crippen molar-refractivity contribution in [3.05, 3.63) is 69.3 Å². The molecular formula is C20H17N3O6. The number of nitro benzene ring substituents is 1. The van der Waals surface area contributed by atoms with Gasteiger partial charge in [-0.1, -0.05) is 18.2 Å². The van der Waals surface area contributed by atoms with Gasteiger partial charge in [0.1, 0.15) is 17.4 Å². The number of nitrogens with one attached hydrogen (secondary N) is 1. The number of benzene rings is 2. The monoisotopic (exact) mass is 395 g/mol. The molecule has 148 valence electrons. The Morgan fingerprint density at radius 1 is 1.28 bits per heavy atom. The normalized spacial score (nSPS) is 10.6. The SMILES string of the molecule is COc1cccc(/C=C(\C#N)C(=O)OCC(=O)Nc2cc([N+](=O)[O-])ccc2C)c1. The van der Waals surface area contributed by atoms with E-state index in [0.717, 1.165) is 0 Å². The molecule has 29 heavy (non-hydrogen) atoms. The second kappa shape index (κ2) is 9.66. The van der Waals surface area contributed by atoms with Crippen LogP contribution in [-0.4, -0.2) is 30.5 Å². The Morgan fingerprint density at radius 3 is 2.69 bits per heavy atom. The summed E-state index contributed by atoms with van der Waals surface area (Å²) in [6.07, 6.45) is 1.31. The molecule has 0 fully saturated rings. The third kappa shape index (κ3) is 5.90. The maximum atomic E-state index is 12.1. The molecule has 0 aliphatic carbocycles. The maximum absolute atomic E-state index is 12.1. The average molecular weight is 395 g/mol. The molecule has 1 N–H and O–H groups in total. The summed E-state index contributed by atoms with van der Waals surface area (Å²) in [5.41, 5.74) is 0.904. The van der Waals surface area contributed by atoms with Crippen molar-refractivity contribution in [2.45, 2.75) is 6.92 Å². The number of ether oxygens (including phenoxy) is 2. The van der Waals surface area contributed by atoms with Gasteiger partial charge in [0.15, 0.2) is 6.61 Å². The van der Waals surface area contributed by atoms with Gasteiger partial charge in [-0.15, -0.1) is 0 Å². The van der Waals surface area contributed by atoms with Crippen molar-refractivity contribution in [3.8, 4) is 11.8 Å². The highest BCUT2D eigenvalue weighted by molar-refractivity contribution is 6.00. The molecule has 0 heterocycles. The van der Waals surface area contributed by atoms with Gasteiger partial charge in [-0.05, 0) is 36.3 Å². The highest BCUT2D eigenvalue weighted by Gasteiger charge is 2.15. The number of carbonyl (C=O) groups is 2. The topological polar surface area (TPSA) is 132 Å². The minimum absolute atomic E-state index is 0.184. The van der Waals surface area contributed by atoms with Crippen LogP contribution in [0, 0.1) is 28.4 Å². The molecule has 0 aliphatic heterocycles. The third-order valence-corrected chi connectivity index (χ3v) is 3.79. The van der Waals surface area contributed by atoms with Gasteiger partial charge in [0.25, 0.3) is 11.6 Å². The lowest BCUT2D eigenvalue weighted by molar-refractivity contribution is -0.384. The number of nitrogens with zero attached hydrogens (tertiary/aromatic N) is 2. The van der Waals surface area contributed by atoms with Crippen LogP contribution >= 0.6 is 0 Å². The first-order chi connectivity index (χ1) is 13.8. The Labute approximate surface area is 166 Å². The number of amides is 1. The zero-order valence-corrected chi connectivity index (χ0v) is 15.7. The molecule has 0 atom stereocenters. The predicted molar refractivity (Wildman–Crippen MR) is 104 cm³/mol. The van der Waals surface area contributed by atoms with Gasteiger partial charge in [0.2, 0.25) is 0 Å². The van der Waals surface area contributed by atoms with Crippen LogP contribution < -0.4 is 10.1 Å². The number of non-ortho nitro benzene ring substituents is 1. The van der Waals surface area contributed by atoms with Crippen LogP contribution in [0.25, 0.3) is 6.08 Å². The lowest BCUT2D eigenvalue weighted by Crippen LogP contribution is -2.21. The lowest BCUT2D eigenvalue weighted by Gasteiger charge is -2.09. The van der Waals surface area contributed by atoms with Crippen molar-refractivity contribution in [1.29, 1.82) is 5.26 Å². The number of methoxy groups -OCH3 is 1. The van der Waals surface area contributed by atoms with Crippen molar-refractivity contribution >= 4 is 29.3 Å². The standard InChI is InChI=1S/C20H17N3O6/c1-13-6-7-16(23(26)27)10-18(13)22-19(24)12-29-20(25)15(11-21)8-14-4-3-5-17(9-14)28-2/h3-10H,12H2,1-2H3,(H,22,24)/b15-8+. The smallest absolute Gasteiger partial charge is 0.349 e. The van der Waals surface area contributed by atoms with E-state index in [-0.39, 0.29) is 16.9 Å². The molecule has 0 saturated heterocycles. The highest BCUT2D eigenvalue weighted by atomic mass is 16.6. The van der Waals surface area contributed by atoms with E-state index in [1.165, 1.54) is 31.4 Å². The van der Waals surface area contributed by atoms with Gasteiger partial charge in [0, 0.05) is 12.1 Å². The van der Waals surface area contributed by atoms with E-state index in [1.54, 1.807) is 37.3 Å². The number of rotatable bonds is 7. The highest BCUT2D eigenvalue weighted by Crippen LogP contribution is 2.21. The van der Waals surface area contributed by atoms with Gasteiger partial charge < -0.3 is 14.8 Å². The molecule has 1 amide bonds. The maximum Gasteiger partial charge on any atom is 0.349 e. The summed E-state index contributed by atoms with van der Waals surface area (Å²) in [7, 11) is 1.49. The van der Waals surface area contributed by atoms with Crippen LogP contribution in [0.3, 0.4) is 0 Å². The van der Waals surface area contributed by atoms with Crippen LogP contribution in [0.1, 0.15) is 11.1 Å². The second-order valence-corrected chi connectivity index (χ2v) is 5.83.